The average molecular weight is 388 g/mol. The Morgan fingerprint density at radius 2 is 1.77 bits per heavy atom. The monoisotopic (exact) mass is 387 g/mol. The molecule has 0 radical (unpaired) electrons. The molecule has 0 aliphatic carbocycles. The molecule has 0 atom stereocenters. The summed E-state index contributed by atoms with van der Waals surface area (Å²) in [5.41, 5.74) is -1.00. The molecule has 0 bridgehead atoms. The molecule has 0 spiro atoms. The second kappa shape index (κ2) is 8.09. The Morgan fingerprint density at radius 1 is 1.12 bits per heavy atom. The van der Waals surface area contributed by atoms with Crippen LogP contribution >= 0.6 is 11.6 Å². The maximum Gasteiger partial charge on any atom is 0.416 e. The highest BCUT2D eigenvalue weighted by atomic mass is 35.5. The van der Waals surface area contributed by atoms with Gasteiger partial charge in [0.15, 0.2) is 6.61 Å². The van der Waals surface area contributed by atoms with E-state index in [1.807, 2.05) is 0 Å². The predicted molar refractivity (Wildman–Crippen MR) is 88.4 cm³/mol. The molecule has 0 fully saturated rings. The molecule has 1 N–H and O–H groups in total. The largest absolute Gasteiger partial charge is 0.497 e. The molecule has 2 rings (SSSR count). The van der Waals surface area contributed by atoms with Crippen molar-refractivity contribution in [3.63, 3.8) is 0 Å². The van der Waals surface area contributed by atoms with E-state index in [1.165, 1.54) is 19.2 Å². The second-order valence-corrected chi connectivity index (χ2v) is 5.45. The lowest BCUT2D eigenvalue weighted by molar-refractivity contribution is -0.137. The van der Waals surface area contributed by atoms with E-state index in [0.29, 0.717) is 11.8 Å². The van der Waals surface area contributed by atoms with Gasteiger partial charge in [-0.3, -0.25) is 4.79 Å². The third-order valence-electron chi connectivity index (χ3n) is 3.23. The van der Waals surface area contributed by atoms with Gasteiger partial charge >= 0.3 is 12.1 Å². The minimum atomic E-state index is -4.58. The number of ether oxygens (including phenoxy) is 2. The topological polar surface area (TPSA) is 64.6 Å². The van der Waals surface area contributed by atoms with Gasteiger partial charge in [0.25, 0.3) is 5.91 Å². The Hall–Kier alpha value is -2.74. The first-order valence-electron chi connectivity index (χ1n) is 7.18. The highest BCUT2D eigenvalue weighted by Crippen LogP contribution is 2.33. The van der Waals surface area contributed by atoms with E-state index >= 15 is 0 Å². The normalized spacial score (nSPS) is 11.0. The standard InChI is InChI=1S/C17H13ClF3NO4/c1-25-12-5-2-10(3-6-12)16(24)26-9-15(23)22-14-8-11(17(19,20)21)4-7-13(14)18/h2-8H,9H2,1H3,(H,22,23). The van der Waals surface area contributed by atoms with Crippen LogP contribution in [0.3, 0.4) is 0 Å². The fourth-order valence-corrected chi connectivity index (χ4v) is 2.09. The molecule has 0 unspecified atom stereocenters. The van der Waals surface area contributed by atoms with Crippen LogP contribution in [0, 0.1) is 0 Å². The molecule has 1 amide bonds. The summed E-state index contributed by atoms with van der Waals surface area (Å²) in [5, 5.41) is 2.10. The molecule has 0 heterocycles. The number of carbonyl (C=O) groups is 2. The number of esters is 1. The smallest absolute Gasteiger partial charge is 0.416 e. The van der Waals surface area contributed by atoms with Crippen LogP contribution < -0.4 is 10.1 Å². The van der Waals surface area contributed by atoms with Crippen molar-refractivity contribution in [1.82, 2.24) is 0 Å². The van der Waals surface area contributed by atoms with Crippen molar-refractivity contribution in [2.24, 2.45) is 0 Å². The summed E-state index contributed by atoms with van der Waals surface area (Å²) in [6.45, 7) is -0.683. The van der Waals surface area contributed by atoms with Gasteiger partial charge in [0.05, 0.1) is 28.9 Å². The maximum atomic E-state index is 12.7. The van der Waals surface area contributed by atoms with Gasteiger partial charge in [0, 0.05) is 0 Å². The quantitative estimate of drug-likeness (QED) is 0.782. The molecule has 0 saturated heterocycles. The lowest BCUT2D eigenvalue weighted by Crippen LogP contribution is -2.21. The van der Waals surface area contributed by atoms with Crippen molar-refractivity contribution < 1.29 is 32.2 Å². The van der Waals surface area contributed by atoms with E-state index < -0.39 is 30.2 Å². The Morgan fingerprint density at radius 3 is 2.35 bits per heavy atom. The van der Waals surface area contributed by atoms with Crippen molar-refractivity contribution in [2.75, 3.05) is 19.0 Å². The summed E-state index contributed by atoms with van der Waals surface area (Å²) < 4.78 is 47.9. The Labute approximate surface area is 151 Å². The number of hydrogen-bond donors (Lipinski definition) is 1. The number of amides is 1. The first-order chi connectivity index (χ1) is 12.2. The number of rotatable bonds is 5. The molecule has 0 saturated carbocycles. The Balaban J connectivity index is 1.97. The van der Waals surface area contributed by atoms with Crippen LogP contribution in [0.2, 0.25) is 5.02 Å². The molecule has 2 aromatic rings. The summed E-state index contributed by atoms with van der Waals surface area (Å²) in [4.78, 5) is 23.6. The lowest BCUT2D eigenvalue weighted by Gasteiger charge is -2.12. The minimum absolute atomic E-state index is 0.0761. The number of hydrogen-bond acceptors (Lipinski definition) is 4. The van der Waals surface area contributed by atoms with E-state index in [2.05, 4.69) is 5.32 Å². The number of halogens is 4. The summed E-state index contributed by atoms with van der Waals surface area (Å²) in [7, 11) is 1.47. The van der Waals surface area contributed by atoms with Crippen LogP contribution in [-0.4, -0.2) is 25.6 Å². The van der Waals surface area contributed by atoms with Crippen LogP contribution in [0.5, 0.6) is 5.75 Å². The van der Waals surface area contributed by atoms with Crippen LogP contribution in [0.15, 0.2) is 42.5 Å². The summed E-state index contributed by atoms with van der Waals surface area (Å²) >= 11 is 5.78. The van der Waals surface area contributed by atoms with E-state index in [0.717, 1.165) is 12.1 Å². The average Bonchev–Trinajstić information content (AvgIpc) is 2.60. The highest BCUT2D eigenvalue weighted by Gasteiger charge is 2.31. The molecule has 0 aliphatic heterocycles. The zero-order chi connectivity index (χ0) is 19.3. The SMILES string of the molecule is COc1ccc(C(=O)OCC(=O)Nc2cc(C(F)(F)F)ccc2Cl)cc1. The maximum absolute atomic E-state index is 12.7. The van der Waals surface area contributed by atoms with Gasteiger partial charge in [-0.25, -0.2) is 4.79 Å². The number of benzene rings is 2. The number of methoxy groups -OCH3 is 1. The number of alkyl halides is 3. The van der Waals surface area contributed by atoms with Crippen molar-refractivity contribution >= 4 is 29.2 Å². The van der Waals surface area contributed by atoms with Gasteiger partial charge in [-0.15, -0.1) is 0 Å². The van der Waals surface area contributed by atoms with Crippen LogP contribution in [0.25, 0.3) is 0 Å². The Kier molecular flexibility index (Phi) is 6.10. The van der Waals surface area contributed by atoms with Crippen LogP contribution in [0.4, 0.5) is 18.9 Å². The molecule has 9 heteroatoms. The third-order valence-corrected chi connectivity index (χ3v) is 3.56. The van der Waals surface area contributed by atoms with E-state index in [1.54, 1.807) is 12.1 Å². The first kappa shape index (κ1) is 19.6. The molecule has 5 nitrogen and oxygen atoms in total. The summed E-state index contributed by atoms with van der Waals surface area (Å²) in [6, 6.07) is 8.49. The van der Waals surface area contributed by atoms with E-state index in [-0.39, 0.29) is 16.3 Å². The molecular weight excluding hydrogens is 375 g/mol. The van der Waals surface area contributed by atoms with Crippen molar-refractivity contribution in [3.05, 3.63) is 58.6 Å². The van der Waals surface area contributed by atoms with Gasteiger partial charge in [0.1, 0.15) is 5.75 Å². The van der Waals surface area contributed by atoms with Crippen molar-refractivity contribution in [2.45, 2.75) is 6.18 Å². The van der Waals surface area contributed by atoms with Gasteiger partial charge in [-0.2, -0.15) is 13.2 Å². The Bertz CT molecular complexity index is 807. The zero-order valence-corrected chi connectivity index (χ0v) is 14.1. The minimum Gasteiger partial charge on any atom is -0.497 e. The van der Waals surface area contributed by atoms with Gasteiger partial charge < -0.3 is 14.8 Å². The van der Waals surface area contributed by atoms with Crippen molar-refractivity contribution in [3.8, 4) is 5.75 Å². The molecular formula is C17H13ClF3NO4. The predicted octanol–water partition coefficient (Wildman–Crippen LogP) is 4.16. The lowest BCUT2D eigenvalue weighted by atomic mass is 10.2. The number of carbonyl (C=O) groups excluding carboxylic acids is 2. The first-order valence-corrected chi connectivity index (χ1v) is 7.56. The molecule has 0 aliphatic rings. The second-order valence-electron chi connectivity index (χ2n) is 5.05. The van der Waals surface area contributed by atoms with E-state index in [9.17, 15) is 22.8 Å². The van der Waals surface area contributed by atoms with E-state index in [4.69, 9.17) is 21.1 Å². The van der Waals surface area contributed by atoms with Crippen molar-refractivity contribution in [1.29, 1.82) is 0 Å². The summed E-state index contributed by atoms with van der Waals surface area (Å²) in [6.07, 6.45) is -4.58. The fourth-order valence-electron chi connectivity index (χ4n) is 1.93. The number of anilines is 1. The van der Waals surface area contributed by atoms with Gasteiger partial charge in [0.2, 0.25) is 0 Å². The third kappa shape index (κ3) is 5.13. The molecule has 26 heavy (non-hydrogen) atoms. The molecule has 0 aromatic heterocycles. The van der Waals surface area contributed by atoms with Crippen LogP contribution in [-0.2, 0) is 15.7 Å². The molecule has 2 aromatic carbocycles. The zero-order valence-electron chi connectivity index (χ0n) is 13.4. The van der Waals surface area contributed by atoms with Gasteiger partial charge in [-0.1, -0.05) is 11.6 Å². The number of nitrogens with one attached hydrogen (secondary N) is 1. The molecule has 138 valence electrons. The fraction of sp³-hybridized carbons (Fsp3) is 0.176. The van der Waals surface area contributed by atoms with Gasteiger partial charge in [-0.05, 0) is 42.5 Å². The van der Waals surface area contributed by atoms with Crippen LogP contribution in [0.1, 0.15) is 15.9 Å². The highest BCUT2D eigenvalue weighted by molar-refractivity contribution is 6.33. The summed E-state index contributed by atoms with van der Waals surface area (Å²) in [5.74, 6) is -1.05.